The van der Waals surface area contributed by atoms with Gasteiger partial charge in [0.2, 0.25) is 0 Å². The third kappa shape index (κ3) is 3.69. The fraction of sp³-hybridized carbons (Fsp3) is 0.429. The fourth-order valence-electron chi connectivity index (χ4n) is 1.84. The SMILES string of the molecule is CCC(C(=O)O)N(C)C(=O)C(C)Oc1ccccc1F. The summed E-state index contributed by atoms with van der Waals surface area (Å²) in [5.41, 5.74) is 0. The number of carboxylic acid groups (broad SMARTS) is 1. The van der Waals surface area contributed by atoms with Crippen LogP contribution in [-0.2, 0) is 9.59 Å². The molecule has 110 valence electrons. The molecule has 0 aliphatic carbocycles. The molecule has 0 spiro atoms. The number of hydrogen-bond acceptors (Lipinski definition) is 3. The standard InChI is InChI=1S/C14H18FNO4/c1-4-11(14(18)19)16(3)13(17)9(2)20-12-8-6-5-7-10(12)15/h5-9,11H,4H2,1-3H3,(H,18,19). The number of hydrogen-bond donors (Lipinski definition) is 1. The van der Waals surface area contributed by atoms with Crippen LogP contribution in [0.5, 0.6) is 5.75 Å². The maximum atomic E-state index is 13.4. The first-order valence-electron chi connectivity index (χ1n) is 6.29. The molecule has 0 aliphatic heterocycles. The molecule has 0 aliphatic rings. The monoisotopic (exact) mass is 283 g/mol. The van der Waals surface area contributed by atoms with Gasteiger partial charge in [0.05, 0.1) is 0 Å². The molecule has 1 aromatic rings. The second-order valence-electron chi connectivity index (χ2n) is 4.40. The van der Waals surface area contributed by atoms with E-state index in [4.69, 9.17) is 9.84 Å². The number of carbonyl (C=O) groups is 2. The molecule has 1 aromatic carbocycles. The molecule has 0 aromatic heterocycles. The molecule has 1 N–H and O–H groups in total. The predicted octanol–water partition coefficient (Wildman–Crippen LogP) is 1.91. The van der Waals surface area contributed by atoms with Gasteiger partial charge in [-0.15, -0.1) is 0 Å². The van der Waals surface area contributed by atoms with E-state index in [1.807, 2.05) is 0 Å². The first-order chi connectivity index (χ1) is 9.38. The largest absolute Gasteiger partial charge is 0.480 e. The van der Waals surface area contributed by atoms with Crippen molar-refractivity contribution < 1.29 is 23.8 Å². The van der Waals surface area contributed by atoms with Gasteiger partial charge in [0, 0.05) is 7.05 Å². The molecule has 6 heteroatoms. The number of para-hydroxylation sites is 1. The van der Waals surface area contributed by atoms with E-state index >= 15 is 0 Å². The van der Waals surface area contributed by atoms with Gasteiger partial charge in [0.15, 0.2) is 17.7 Å². The molecule has 0 saturated carbocycles. The Morgan fingerprint density at radius 2 is 2.00 bits per heavy atom. The quantitative estimate of drug-likeness (QED) is 0.866. The molecule has 20 heavy (non-hydrogen) atoms. The Bertz CT molecular complexity index is 492. The highest BCUT2D eigenvalue weighted by molar-refractivity contribution is 5.86. The van der Waals surface area contributed by atoms with Crippen LogP contribution in [0.1, 0.15) is 20.3 Å². The van der Waals surface area contributed by atoms with Gasteiger partial charge in [-0.25, -0.2) is 9.18 Å². The van der Waals surface area contributed by atoms with Crippen molar-refractivity contribution in [3.05, 3.63) is 30.1 Å². The average molecular weight is 283 g/mol. The summed E-state index contributed by atoms with van der Waals surface area (Å²) in [6.45, 7) is 3.13. The summed E-state index contributed by atoms with van der Waals surface area (Å²) in [7, 11) is 1.39. The second-order valence-corrected chi connectivity index (χ2v) is 4.40. The minimum absolute atomic E-state index is 0.0369. The number of ether oxygens (including phenoxy) is 1. The zero-order chi connectivity index (χ0) is 15.3. The smallest absolute Gasteiger partial charge is 0.326 e. The van der Waals surface area contributed by atoms with Crippen LogP contribution in [0, 0.1) is 5.82 Å². The molecule has 0 fully saturated rings. The molecule has 0 heterocycles. The summed E-state index contributed by atoms with van der Waals surface area (Å²) in [5.74, 6) is -2.20. The topological polar surface area (TPSA) is 66.8 Å². The Kier molecular flexibility index (Phi) is 5.49. The molecule has 5 nitrogen and oxygen atoms in total. The first kappa shape index (κ1) is 15.9. The highest BCUT2D eigenvalue weighted by Crippen LogP contribution is 2.18. The molecular weight excluding hydrogens is 265 g/mol. The summed E-state index contributed by atoms with van der Waals surface area (Å²) in [6, 6.07) is 4.81. The molecule has 0 radical (unpaired) electrons. The van der Waals surface area contributed by atoms with Crippen molar-refractivity contribution in [3.8, 4) is 5.75 Å². The average Bonchev–Trinajstić information content (AvgIpc) is 2.40. The maximum Gasteiger partial charge on any atom is 0.326 e. The van der Waals surface area contributed by atoms with Crippen LogP contribution < -0.4 is 4.74 Å². The lowest BCUT2D eigenvalue weighted by atomic mass is 10.2. The zero-order valence-corrected chi connectivity index (χ0v) is 11.7. The van der Waals surface area contributed by atoms with Crippen LogP contribution in [0.2, 0.25) is 0 Å². The van der Waals surface area contributed by atoms with Crippen molar-refractivity contribution >= 4 is 11.9 Å². The van der Waals surface area contributed by atoms with E-state index < -0.39 is 29.8 Å². The Hall–Kier alpha value is -2.11. The lowest BCUT2D eigenvalue weighted by Crippen LogP contribution is -2.47. The van der Waals surface area contributed by atoms with Crippen molar-refractivity contribution in [1.29, 1.82) is 0 Å². The number of benzene rings is 1. The fourth-order valence-corrected chi connectivity index (χ4v) is 1.84. The van der Waals surface area contributed by atoms with Crippen LogP contribution in [0.15, 0.2) is 24.3 Å². The van der Waals surface area contributed by atoms with Gasteiger partial charge >= 0.3 is 5.97 Å². The van der Waals surface area contributed by atoms with Crippen LogP contribution in [0.25, 0.3) is 0 Å². The number of amides is 1. The van der Waals surface area contributed by atoms with Gasteiger partial charge in [-0.05, 0) is 25.5 Å². The molecule has 0 saturated heterocycles. The summed E-state index contributed by atoms with van der Waals surface area (Å²) in [4.78, 5) is 24.2. The normalized spacial score (nSPS) is 13.4. The third-order valence-electron chi connectivity index (χ3n) is 2.98. The predicted molar refractivity (Wildman–Crippen MR) is 71.0 cm³/mol. The zero-order valence-electron chi connectivity index (χ0n) is 11.7. The van der Waals surface area contributed by atoms with E-state index in [0.717, 1.165) is 4.90 Å². The number of aliphatic carboxylic acids is 1. The van der Waals surface area contributed by atoms with Gasteiger partial charge in [-0.1, -0.05) is 19.1 Å². The number of carboxylic acids is 1. The van der Waals surface area contributed by atoms with Crippen LogP contribution >= 0.6 is 0 Å². The lowest BCUT2D eigenvalue weighted by molar-refractivity contribution is -0.151. The molecule has 0 bridgehead atoms. The molecule has 2 atom stereocenters. The van der Waals surface area contributed by atoms with Gasteiger partial charge in [-0.2, -0.15) is 0 Å². The molecular formula is C14H18FNO4. The summed E-state index contributed by atoms with van der Waals surface area (Å²) in [6.07, 6.45) is -0.686. The van der Waals surface area contributed by atoms with Gasteiger partial charge in [0.25, 0.3) is 5.91 Å². The third-order valence-corrected chi connectivity index (χ3v) is 2.98. The number of rotatable bonds is 6. The van der Waals surface area contributed by atoms with Crippen LogP contribution in [-0.4, -0.2) is 41.1 Å². The van der Waals surface area contributed by atoms with E-state index in [9.17, 15) is 14.0 Å². The van der Waals surface area contributed by atoms with Crippen LogP contribution in [0.3, 0.4) is 0 Å². The number of halogens is 1. The van der Waals surface area contributed by atoms with E-state index in [0.29, 0.717) is 0 Å². The van der Waals surface area contributed by atoms with Crippen molar-refractivity contribution in [2.45, 2.75) is 32.4 Å². The maximum absolute atomic E-state index is 13.4. The Morgan fingerprint density at radius 3 is 2.50 bits per heavy atom. The number of likely N-dealkylation sites (N-methyl/N-ethyl adjacent to an activating group) is 1. The van der Waals surface area contributed by atoms with Gasteiger partial charge in [0.1, 0.15) is 6.04 Å². The Morgan fingerprint density at radius 1 is 1.40 bits per heavy atom. The Labute approximate surface area is 117 Å². The van der Waals surface area contributed by atoms with Gasteiger partial charge in [-0.3, -0.25) is 4.79 Å². The van der Waals surface area contributed by atoms with E-state index in [-0.39, 0.29) is 12.2 Å². The minimum atomic E-state index is -1.08. The van der Waals surface area contributed by atoms with Crippen molar-refractivity contribution in [3.63, 3.8) is 0 Å². The van der Waals surface area contributed by atoms with Crippen molar-refractivity contribution in [2.24, 2.45) is 0 Å². The molecule has 2 unspecified atom stereocenters. The van der Waals surface area contributed by atoms with E-state index in [2.05, 4.69) is 0 Å². The van der Waals surface area contributed by atoms with E-state index in [1.165, 1.54) is 32.2 Å². The number of nitrogens with zero attached hydrogens (tertiary/aromatic N) is 1. The second kappa shape index (κ2) is 6.88. The van der Waals surface area contributed by atoms with Crippen molar-refractivity contribution in [1.82, 2.24) is 4.90 Å². The van der Waals surface area contributed by atoms with E-state index in [1.54, 1.807) is 13.0 Å². The molecule has 1 rings (SSSR count). The highest BCUT2D eigenvalue weighted by Gasteiger charge is 2.29. The highest BCUT2D eigenvalue weighted by atomic mass is 19.1. The Balaban J connectivity index is 2.77. The molecule has 1 amide bonds. The van der Waals surface area contributed by atoms with Crippen LogP contribution in [0.4, 0.5) is 4.39 Å². The number of carbonyl (C=O) groups excluding carboxylic acids is 1. The van der Waals surface area contributed by atoms with Gasteiger partial charge < -0.3 is 14.7 Å². The minimum Gasteiger partial charge on any atom is -0.480 e. The summed E-state index contributed by atoms with van der Waals surface area (Å²) in [5, 5.41) is 9.01. The van der Waals surface area contributed by atoms with Crippen molar-refractivity contribution in [2.75, 3.05) is 7.05 Å². The first-order valence-corrected chi connectivity index (χ1v) is 6.29. The summed E-state index contributed by atoms with van der Waals surface area (Å²) >= 11 is 0. The lowest BCUT2D eigenvalue weighted by Gasteiger charge is -2.26. The summed E-state index contributed by atoms with van der Waals surface area (Å²) < 4.78 is 18.7.